The molecule has 0 saturated heterocycles. The average Bonchev–Trinajstić information content (AvgIpc) is 3.34. The number of ketones is 1. The number of methoxy groups -OCH3 is 1. The molecule has 0 aliphatic rings. The van der Waals surface area contributed by atoms with Gasteiger partial charge in [0, 0.05) is 22.7 Å². The number of H-pyrrole nitrogens is 1. The van der Waals surface area contributed by atoms with Gasteiger partial charge in [-0.3, -0.25) is 10.1 Å². The van der Waals surface area contributed by atoms with Crippen molar-refractivity contribution in [1.82, 2.24) is 14.9 Å². The number of carbonyl (C=O) groups excluding carboxylic acids is 3. The van der Waals surface area contributed by atoms with Crippen molar-refractivity contribution in [2.75, 3.05) is 46.3 Å². The summed E-state index contributed by atoms with van der Waals surface area (Å²) in [4.78, 5) is 43.9. The van der Waals surface area contributed by atoms with Crippen LogP contribution in [0.1, 0.15) is 15.9 Å². The number of nitrogens with one attached hydrogen (secondary N) is 2. The predicted octanol–water partition coefficient (Wildman–Crippen LogP) is 5.22. The number of aromatic amines is 1. The maximum Gasteiger partial charge on any atom is 0.413 e. The van der Waals surface area contributed by atoms with Crippen LogP contribution in [0.2, 0.25) is 5.02 Å². The minimum atomic E-state index is -0.611. The van der Waals surface area contributed by atoms with Crippen LogP contribution in [0, 0.1) is 0 Å². The third-order valence-corrected chi connectivity index (χ3v) is 5.41. The van der Waals surface area contributed by atoms with Gasteiger partial charge < -0.3 is 24.1 Å². The molecule has 4 rings (SSSR count). The Morgan fingerprint density at radius 2 is 1.68 bits per heavy atom. The Bertz CT molecular complexity index is 1400. The van der Waals surface area contributed by atoms with Crippen molar-refractivity contribution in [1.29, 1.82) is 0 Å². The number of halogens is 2. The second-order valence-corrected chi connectivity index (χ2v) is 8.83. The summed E-state index contributed by atoms with van der Waals surface area (Å²) in [5.41, 5.74) is 2.48. The van der Waals surface area contributed by atoms with E-state index >= 15 is 0 Å². The summed E-state index contributed by atoms with van der Waals surface area (Å²) in [7, 11) is 5.10. The zero-order valence-corrected chi connectivity index (χ0v) is 23.8. The molecule has 40 heavy (non-hydrogen) atoms. The van der Waals surface area contributed by atoms with E-state index in [1.54, 1.807) is 54.6 Å². The molecule has 4 aromatic rings. The Balaban J connectivity index is 0.000000283. The van der Waals surface area contributed by atoms with Gasteiger partial charge in [0.15, 0.2) is 12.4 Å². The second kappa shape index (κ2) is 16.1. The predicted molar refractivity (Wildman–Crippen MR) is 156 cm³/mol. The minimum Gasteiger partial charge on any atom is -0.482 e. The normalized spacial score (nSPS) is 10.1. The molecule has 0 bridgehead atoms. The van der Waals surface area contributed by atoms with Gasteiger partial charge in [0.1, 0.15) is 12.4 Å². The minimum absolute atomic E-state index is 0. The lowest BCUT2D eigenvalue weighted by Gasteiger charge is -2.10. The molecule has 1 heterocycles. The van der Waals surface area contributed by atoms with E-state index in [2.05, 4.69) is 20.0 Å². The van der Waals surface area contributed by atoms with Gasteiger partial charge in [-0.1, -0.05) is 41.9 Å². The van der Waals surface area contributed by atoms with Crippen molar-refractivity contribution in [3.63, 3.8) is 0 Å². The Hall–Kier alpha value is -4.12. The van der Waals surface area contributed by atoms with Gasteiger partial charge in [-0.05, 0) is 56.6 Å². The van der Waals surface area contributed by atoms with E-state index in [9.17, 15) is 14.4 Å². The topological polar surface area (TPSA) is 123 Å². The maximum atomic E-state index is 12.4. The van der Waals surface area contributed by atoms with Gasteiger partial charge in [0.2, 0.25) is 5.95 Å². The molecule has 0 unspecified atom stereocenters. The smallest absolute Gasteiger partial charge is 0.413 e. The maximum absolute atomic E-state index is 12.4. The number of fused-ring (bicyclic) bond motifs is 1. The molecule has 1 amide bonds. The second-order valence-electron chi connectivity index (χ2n) is 8.40. The quantitative estimate of drug-likeness (QED) is 0.201. The van der Waals surface area contributed by atoms with Crippen molar-refractivity contribution >= 4 is 58.8 Å². The summed E-state index contributed by atoms with van der Waals surface area (Å²) < 4.78 is 14.7. The van der Waals surface area contributed by atoms with Gasteiger partial charge in [-0.15, -0.1) is 12.4 Å². The average molecular weight is 589 g/mol. The van der Waals surface area contributed by atoms with E-state index in [1.807, 2.05) is 37.2 Å². The molecule has 1 aromatic heterocycles. The number of rotatable bonds is 9. The molecule has 0 spiro atoms. The molecule has 0 radical (unpaired) electrons. The van der Waals surface area contributed by atoms with Gasteiger partial charge in [0.05, 0.1) is 18.1 Å². The van der Waals surface area contributed by atoms with Crippen molar-refractivity contribution in [2.45, 2.75) is 0 Å². The molecule has 3 aromatic carbocycles. The van der Waals surface area contributed by atoms with Crippen molar-refractivity contribution in [2.24, 2.45) is 0 Å². The number of esters is 1. The largest absolute Gasteiger partial charge is 0.482 e. The van der Waals surface area contributed by atoms with E-state index < -0.39 is 6.09 Å². The fourth-order valence-electron chi connectivity index (χ4n) is 3.17. The van der Waals surface area contributed by atoms with E-state index in [4.69, 9.17) is 21.1 Å². The number of aromatic nitrogens is 2. The summed E-state index contributed by atoms with van der Waals surface area (Å²) in [5.74, 6) is 0.423. The van der Waals surface area contributed by atoms with Crippen LogP contribution >= 0.6 is 24.0 Å². The summed E-state index contributed by atoms with van der Waals surface area (Å²) in [6.45, 7) is 0.984. The molecule has 2 N–H and O–H groups in total. The number of likely N-dealkylation sites (N-methyl/N-ethyl adjacent to an activating group) is 1. The molecule has 12 heteroatoms. The number of imidazole rings is 1. The van der Waals surface area contributed by atoms with E-state index in [1.165, 1.54) is 7.11 Å². The zero-order chi connectivity index (χ0) is 28.2. The summed E-state index contributed by atoms with van der Waals surface area (Å²) in [6, 6.07) is 21.0. The Morgan fingerprint density at radius 1 is 0.975 bits per heavy atom. The lowest BCUT2D eigenvalue weighted by molar-refractivity contribution is -0.146. The number of ether oxygens (including phenoxy) is 3. The fourth-order valence-corrected chi connectivity index (χ4v) is 3.30. The van der Waals surface area contributed by atoms with Gasteiger partial charge in [0.25, 0.3) is 0 Å². The molecule has 10 nitrogen and oxygen atoms in total. The van der Waals surface area contributed by atoms with Gasteiger partial charge in [-0.2, -0.15) is 0 Å². The van der Waals surface area contributed by atoms with E-state index in [0.717, 1.165) is 0 Å². The fraction of sp³-hybridized carbons (Fsp3) is 0.214. The van der Waals surface area contributed by atoms with Crippen molar-refractivity contribution < 1.29 is 28.6 Å². The summed E-state index contributed by atoms with van der Waals surface area (Å²) in [5, 5.41) is 3.08. The summed E-state index contributed by atoms with van der Waals surface area (Å²) >= 11 is 5.72. The highest BCUT2D eigenvalue weighted by Gasteiger charge is 2.12. The molecule has 0 aliphatic heterocycles. The molecule has 0 saturated carbocycles. The lowest BCUT2D eigenvalue weighted by Crippen LogP contribution is -2.22. The Morgan fingerprint density at radius 3 is 2.33 bits per heavy atom. The first-order chi connectivity index (χ1) is 18.7. The standard InChI is InChI=1S/C16H13N3O3.C12H16ClNO3.ClH/c1-22-16(21)19-15-17-12-8-7-11(9-13(12)18-15)14(20)10-5-3-2-4-6-10;1-14(2)7-8-16-12(15)9-17-11-5-3-10(13)4-6-11;/h2-9H,1H3,(H2,17,18,19,21);3-6H,7-9H2,1-2H3;1H. The molecule has 0 fully saturated rings. The Labute approximate surface area is 243 Å². The highest BCUT2D eigenvalue weighted by Crippen LogP contribution is 2.19. The molecule has 0 aliphatic carbocycles. The number of benzene rings is 3. The molecule has 212 valence electrons. The van der Waals surface area contributed by atoms with Crippen LogP contribution in [0.5, 0.6) is 5.75 Å². The number of nitrogens with zero attached hydrogens (tertiary/aromatic N) is 2. The molecular weight excluding hydrogens is 559 g/mol. The highest BCUT2D eigenvalue weighted by molar-refractivity contribution is 6.30. The molecule has 0 atom stereocenters. The number of amides is 1. The Kier molecular flexibility index (Phi) is 12.9. The number of hydrogen-bond acceptors (Lipinski definition) is 8. The van der Waals surface area contributed by atoms with Crippen LogP contribution < -0.4 is 10.1 Å². The third kappa shape index (κ3) is 10.2. The lowest BCUT2D eigenvalue weighted by atomic mass is 10.0. The van der Waals surface area contributed by atoms with Crippen LogP contribution in [0.15, 0.2) is 72.8 Å². The van der Waals surface area contributed by atoms with Crippen LogP contribution in [-0.4, -0.2) is 73.7 Å². The first-order valence-electron chi connectivity index (χ1n) is 11.9. The van der Waals surface area contributed by atoms with Crippen LogP contribution in [0.3, 0.4) is 0 Å². The van der Waals surface area contributed by atoms with Crippen LogP contribution in [-0.2, 0) is 14.3 Å². The zero-order valence-electron chi connectivity index (χ0n) is 22.2. The first-order valence-corrected chi connectivity index (χ1v) is 12.3. The van der Waals surface area contributed by atoms with Crippen molar-refractivity contribution in [3.8, 4) is 5.75 Å². The van der Waals surface area contributed by atoms with E-state index in [0.29, 0.717) is 46.1 Å². The van der Waals surface area contributed by atoms with Crippen LogP contribution in [0.4, 0.5) is 10.7 Å². The van der Waals surface area contributed by atoms with Gasteiger partial charge >= 0.3 is 12.1 Å². The number of carbonyl (C=O) groups is 3. The SMILES string of the molecule is CN(C)CCOC(=O)COc1ccc(Cl)cc1.COC(=O)Nc1nc2ccc(C(=O)c3ccccc3)cc2[nH]1.Cl. The van der Waals surface area contributed by atoms with Crippen LogP contribution in [0.25, 0.3) is 11.0 Å². The van der Waals surface area contributed by atoms with E-state index in [-0.39, 0.29) is 36.7 Å². The number of anilines is 1. The van der Waals surface area contributed by atoms with Crippen molar-refractivity contribution in [3.05, 3.63) is 88.9 Å². The first kappa shape index (κ1) is 32.1. The summed E-state index contributed by atoms with van der Waals surface area (Å²) in [6.07, 6.45) is -0.611. The number of hydrogen-bond donors (Lipinski definition) is 2. The third-order valence-electron chi connectivity index (χ3n) is 5.16. The molecular formula is C28H30Cl2N4O6. The monoisotopic (exact) mass is 588 g/mol. The van der Waals surface area contributed by atoms with Gasteiger partial charge in [-0.25, -0.2) is 14.6 Å². The highest BCUT2D eigenvalue weighted by atomic mass is 35.5.